The summed E-state index contributed by atoms with van der Waals surface area (Å²) in [6, 6.07) is 8.23. The molecule has 1 heterocycles. The Labute approximate surface area is 114 Å². The zero-order valence-corrected chi connectivity index (χ0v) is 11.8. The van der Waals surface area contributed by atoms with Crippen molar-refractivity contribution in [2.75, 3.05) is 6.73 Å². The number of hydrogen-bond acceptors (Lipinski definition) is 2. The van der Waals surface area contributed by atoms with Gasteiger partial charge in [0.15, 0.2) is 0 Å². The third-order valence-corrected chi connectivity index (χ3v) is 3.52. The molecule has 0 fully saturated rings. The van der Waals surface area contributed by atoms with Gasteiger partial charge in [-0.15, -0.1) is 9.48 Å². The van der Waals surface area contributed by atoms with E-state index in [1.807, 2.05) is 18.3 Å². The van der Waals surface area contributed by atoms with Crippen LogP contribution in [0, 0.1) is 5.21 Å². The van der Waals surface area contributed by atoms with Gasteiger partial charge in [-0.2, -0.15) is 4.74 Å². The summed E-state index contributed by atoms with van der Waals surface area (Å²) in [5, 5.41) is 11.0. The molecule has 0 N–H and O–H groups in total. The fourth-order valence-corrected chi connectivity index (χ4v) is 2.26. The number of hydrogen-bond donors (Lipinski definition) is 0. The van der Waals surface area contributed by atoms with E-state index < -0.39 is 0 Å². The maximum atomic E-state index is 11.0. The van der Waals surface area contributed by atoms with Gasteiger partial charge in [-0.1, -0.05) is 24.3 Å². The fraction of sp³-hybridized carbons (Fsp3) is 0.400. The van der Waals surface area contributed by atoms with E-state index >= 15 is 0 Å². The monoisotopic (exact) mass is 261 g/mol. The van der Waals surface area contributed by atoms with Crippen LogP contribution in [0.5, 0.6) is 0 Å². The van der Waals surface area contributed by atoms with Crippen LogP contribution in [0.25, 0.3) is 6.08 Å². The van der Waals surface area contributed by atoms with Crippen LogP contribution in [0.4, 0.5) is 0 Å². The lowest BCUT2D eigenvalue weighted by Gasteiger charge is -2.43. The lowest BCUT2D eigenvalue weighted by atomic mass is 9.98. The summed E-state index contributed by atoms with van der Waals surface area (Å²) < 4.78 is 0.846. The summed E-state index contributed by atoms with van der Waals surface area (Å²) in [6.45, 7) is 10.3. The molecule has 0 saturated carbocycles. The van der Waals surface area contributed by atoms with E-state index in [0.717, 1.165) is 0 Å². The number of benzene rings is 1. The van der Waals surface area contributed by atoms with Crippen LogP contribution in [0.15, 0.2) is 30.5 Å². The minimum atomic E-state index is -0.167. The molecule has 102 valence electrons. The van der Waals surface area contributed by atoms with Gasteiger partial charge < -0.3 is 5.21 Å². The van der Waals surface area contributed by atoms with Gasteiger partial charge >= 0.3 is 6.73 Å². The molecule has 0 amide bonds. The van der Waals surface area contributed by atoms with Gasteiger partial charge in [0, 0.05) is 11.6 Å². The molecule has 0 aromatic heterocycles. The van der Waals surface area contributed by atoms with Crippen LogP contribution >= 0.6 is 0 Å². The maximum absolute atomic E-state index is 11.0. The minimum absolute atomic E-state index is 0.0518. The minimum Gasteiger partial charge on any atom is -0.622 e. The average Bonchev–Trinajstić information content (AvgIpc) is 2.34. The predicted molar refractivity (Wildman–Crippen MR) is 75.9 cm³/mol. The third-order valence-electron chi connectivity index (χ3n) is 3.52. The summed E-state index contributed by atoms with van der Waals surface area (Å²) >= 11 is 0. The molecule has 0 bridgehead atoms. The van der Waals surface area contributed by atoms with Gasteiger partial charge in [-0.05, 0) is 26.3 Å². The fourth-order valence-electron chi connectivity index (χ4n) is 2.26. The molecule has 0 saturated heterocycles. The molecule has 0 aliphatic carbocycles. The van der Waals surface area contributed by atoms with Crippen LogP contribution in [-0.2, 0) is 11.4 Å². The second-order valence-electron chi connectivity index (χ2n) is 5.88. The SMILES string of the molecule is C=[N+]([O-])CO[N+]1(C(C)(C)C)C=Cc2ccccc2C1. The highest BCUT2D eigenvalue weighted by Gasteiger charge is 2.44. The summed E-state index contributed by atoms with van der Waals surface area (Å²) in [5.74, 6) is 0. The number of fused-ring (bicyclic) bond motifs is 1. The first-order chi connectivity index (χ1) is 8.84. The quantitative estimate of drug-likeness (QED) is 0.209. The second-order valence-corrected chi connectivity index (χ2v) is 5.88. The average molecular weight is 261 g/mol. The molecule has 2 rings (SSSR count). The van der Waals surface area contributed by atoms with Crippen molar-refractivity contribution in [3.8, 4) is 0 Å². The van der Waals surface area contributed by atoms with Crippen LogP contribution < -0.4 is 0 Å². The summed E-state index contributed by atoms with van der Waals surface area (Å²) in [5.41, 5.74) is 2.26. The Bertz CT molecular complexity index is 517. The van der Waals surface area contributed by atoms with Crippen LogP contribution in [-0.4, -0.2) is 28.4 Å². The van der Waals surface area contributed by atoms with Crippen LogP contribution in [0.1, 0.15) is 31.9 Å². The molecule has 1 aromatic rings. The molecule has 0 spiro atoms. The van der Waals surface area contributed by atoms with E-state index in [4.69, 9.17) is 4.84 Å². The molecule has 4 heteroatoms. The third kappa shape index (κ3) is 2.69. The summed E-state index contributed by atoms with van der Waals surface area (Å²) in [7, 11) is 0. The van der Waals surface area contributed by atoms with E-state index in [1.54, 1.807) is 0 Å². The topological polar surface area (TPSA) is 35.3 Å². The van der Waals surface area contributed by atoms with Crippen molar-refractivity contribution in [2.24, 2.45) is 0 Å². The molecule has 1 unspecified atom stereocenters. The van der Waals surface area contributed by atoms with Gasteiger partial charge in [-0.25, -0.2) is 0 Å². The summed E-state index contributed by atoms with van der Waals surface area (Å²) in [6.07, 6.45) is 4.08. The molecule has 19 heavy (non-hydrogen) atoms. The van der Waals surface area contributed by atoms with Crippen LogP contribution in [0.2, 0.25) is 0 Å². The first-order valence-corrected chi connectivity index (χ1v) is 6.39. The number of nitrogens with zero attached hydrogens (tertiary/aromatic N) is 2. The van der Waals surface area contributed by atoms with Gasteiger partial charge in [0.05, 0.1) is 0 Å². The van der Waals surface area contributed by atoms with Gasteiger partial charge in [0.2, 0.25) is 0 Å². The molecule has 1 atom stereocenters. The Balaban J connectivity index is 2.35. The highest BCUT2D eigenvalue weighted by Crippen LogP contribution is 2.34. The Hall–Kier alpha value is -1.65. The van der Waals surface area contributed by atoms with Crippen LogP contribution in [0.3, 0.4) is 0 Å². The van der Waals surface area contributed by atoms with Crippen molar-refractivity contribution in [1.82, 2.24) is 0 Å². The Morgan fingerprint density at radius 1 is 1.37 bits per heavy atom. The number of rotatable bonds is 3. The Morgan fingerprint density at radius 3 is 2.68 bits per heavy atom. The molecule has 1 aromatic carbocycles. The van der Waals surface area contributed by atoms with Gasteiger partial charge in [0.25, 0.3) is 0 Å². The first kappa shape index (κ1) is 13.8. The van der Waals surface area contributed by atoms with Gasteiger partial charge in [-0.3, -0.25) is 0 Å². The van der Waals surface area contributed by atoms with Crippen molar-refractivity contribution in [2.45, 2.75) is 32.9 Å². The number of hydroxylamine groups is 4. The molecule has 4 nitrogen and oxygen atoms in total. The molecule has 0 radical (unpaired) electrons. The van der Waals surface area contributed by atoms with Crippen molar-refractivity contribution in [1.29, 1.82) is 0 Å². The molecular formula is C15H21N2O2+. The number of quaternary nitrogens is 1. The van der Waals surface area contributed by atoms with Crippen molar-refractivity contribution >= 4 is 12.8 Å². The van der Waals surface area contributed by atoms with E-state index in [1.165, 1.54) is 11.1 Å². The largest absolute Gasteiger partial charge is 0.622 e. The highest BCUT2D eigenvalue weighted by molar-refractivity contribution is 5.54. The smallest absolute Gasteiger partial charge is 0.307 e. The molecular weight excluding hydrogens is 240 g/mol. The lowest BCUT2D eigenvalue weighted by molar-refractivity contribution is -1.12. The standard InChI is InChI=1S/C15H21N2O2/c1-15(2,3)17(19-12-16(4)18)10-9-13-7-5-6-8-14(13)11-17/h5-10H,4,11-12H2,1-3H3/q+1. The zero-order chi connectivity index (χ0) is 14.1. The lowest BCUT2D eigenvalue weighted by Crippen LogP contribution is -2.56. The van der Waals surface area contributed by atoms with Crippen molar-refractivity contribution in [3.05, 3.63) is 46.8 Å². The predicted octanol–water partition coefficient (Wildman–Crippen LogP) is 2.89. The molecule has 1 aliphatic rings. The van der Waals surface area contributed by atoms with Gasteiger partial charge in [0.1, 0.15) is 25.0 Å². The first-order valence-electron chi connectivity index (χ1n) is 6.39. The van der Waals surface area contributed by atoms with Crippen molar-refractivity contribution < 1.29 is 14.2 Å². The van der Waals surface area contributed by atoms with Crippen molar-refractivity contribution in [3.63, 3.8) is 0 Å². The Morgan fingerprint density at radius 2 is 2.05 bits per heavy atom. The normalized spacial score (nSPS) is 22.1. The zero-order valence-electron chi connectivity index (χ0n) is 11.8. The van der Waals surface area contributed by atoms with E-state index in [0.29, 0.717) is 11.3 Å². The van der Waals surface area contributed by atoms with E-state index in [2.05, 4.69) is 45.7 Å². The Kier molecular flexibility index (Phi) is 3.47. The summed E-state index contributed by atoms with van der Waals surface area (Å²) in [4.78, 5) is 5.85. The molecule has 1 aliphatic heterocycles. The van der Waals surface area contributed by atoms with E-state index in [-0.39, 0.29) is 16.9 Å². The highest BCUT2D eigenvalue weighted by atomic mass is 16.7. The second kappa shape index (κ2) is 4.79. The maximum Gasteiger partial charge on any atom is 0.307 e. The van der Waals surface area contributed by atoms with E-state index in [9.17, 15) is 5.21 Å².